The van der Waals surface area contributed by atoms with Gasteiger partial charge in [-0.3, -0.25) is 9.78 Å². The van der Waals surface area contributed by atoms with Crippen molar-refractivity contribution < 1.29 is 9.13 Å². The Hall–Kier alpha value is -4.48. The van der Waals surface area contributed by atoms with Crippen molar-refractivity contribution in [2.75, 3.05) is 5.43 Å². The molecule has 0 unspecified atom stereocenters. The first-order valence-corrected chi connectivity index (χ1v) is 10.5. The molecule has 0 amide bonds. The second-order valence-electron chi connectivity index (χ2n) is 7.08. The fraction of sp³-hybridized carbons (Fsp3) is 0.0400. The Bertz CT molecular complexity index is 1430. The van der Waals surface area contributed by atoms with Crippen molar-refractivity contribution in [2.24, 2.45) is 5.10 Å². The van der Waals surface area contributed by atoms with Crippen molar-refractivity contribution in [1.82, 2.24) is 9.97 Å². The van der Waals surface area contributed by atoms with Crippen molar-refractivity contribution in [1.29, 1.82) is 5.26 Å². The lowest BCUT2D eigenvalue weighted by atomic mass is 10.1. The Morgan fingerprint density at radius 1 is 1.15 bits per heavy atom. The summed E-state index contributed by atoms with van der Waals surface area (Å²) in [5.74, 6) is 0.249. The van der Waals surface area contributed by atoms with Crippen LogP contribution in [0.2, 0.25) is 5.02 Å². The molecule has 0 fully saturated rings. The molecule has 0 aliphatic carbocycles. The monoisotopic (exact) mass is 473 g/mol. The van der Waals surface area contributed by atoms with Crippen molar-refractivity contribution in [2.45, 2.75) is 6.61 Å². The summed E-state index contributed by atoms with van der Waals surface area (Å²) < 4.78 is 18.9. The fourth-order valence-electron chi connectivity index (χ4n) is 3.09. The van der Waals surface area contributed by atoms with E-state index in [1.54, 1.807) is 54.6 Å². The molecule has 0 saturated heterocycles. The topological polar surface area (TPSA) is 103 Å². The minimum Gasteiger partial charge on any atom is -0.488 e. The van der Waals surface area contributed by atoms with Gasteiger partial charge in [0, 0.05) is 16.1 Å². The number of anilines is 1. The van der Waals surface area contributed by atoms with E-state index in [1.165, 1.54) is 18.3 Å². The third kappa shape index (κ3) is 5.46. The van der Waals surface area contributed by atoms with E-state index in [4.69, 9.17) is 16.3 Å². The summed E-state index contributed by atoms with van der Waals surface area (Å²) >= 11 is 6.12. The molecule has 1 heterocycles. The smallest absolute Gasteiger partial charge is 0.270 e. The Morgan fingerprint density at radius 3 is 2.65 bits per heavy atom. The van der Waals surface area contributed by atoms with Crippen molar-refractivity contribution in [3.05, 3.63) is 111 Å². The van der Waals surface area contributed by atoms with Crippen LogP contribution < -0.4 is 15.7 Å². The Labute approximate surface area is 199 Å². The van der Waals surface area contributed by atoms with Gasteiger partial charge in [0.1, 0.15) is 29.8 Å². The molecule has 0 atom stereocenters. The molecule has 168 valence electrons. The summed E-state index contributed by atoms with van der Waals surface area (Å²) in [6.07, 6.45) is 1.46. The zero-order valence-corrected chi connectivity index (χ0v) is 18.4. The van der Waals surface area contributed by atoms with Crippen LogP contribution in [0, 0.1) is 17.1 Å². The van der Waals surface area contributed by atoms with Gasteiger partial charge in [0.2, 0.25) is 5.95 Å². The summed E-state index contributed by atoms with van der Waals surface area (Å²) in [5.41, 5.74) is 4.24. The maximum atomic E-state index is 13.1. The molecule has 34 heavy (non-hydrogen) atoms. The number of hydrogen-bond donors (Lipinski definition) is 2. The van der Waals surface area contributed by atoms with Gasteiger partial charge in [-0.15, -0.1) is 0 Å². The molecule has 0 spiro atoms. The molecular formula is C25H17ClFN5O2. The molecule has 4 rings (SSSR count). The van der Waals surface area contributed by atoms with E-state index >= 15 is 0 Å². The van der Waals surface area contributed by atoms with Gasteiger partial charge in [0.25, 0.3) is 5.56 Å². The molecule has 9 heteroatoms. The quantitative estimate of drug-likeness (QED) is 0.286. The summed E-state index contributed by atoms with van der Waals surface area (Å²) in [4.78, 5) is 19.2. The molecule has 4 aromatic rings. The van der Waals surface area contributed by atoms with Gasteiger partial charge >= 0.3 is 0 Å². The molecule has 3 aromatic carbocycles. The van der Waals surface area contributed by atoms with Gasteiger partial charge in [0.15, 0.2) is 0 Å². The molecular weight excluding hydrogens is 457 g/mol. The van der Waals surface area contributed by atoms with Crippen LogP contribution >= 0.6 is 11.6 Å². The third-order valence-corrected chi connectivity index (χ3v) is 4.97. The zero-order valence-electron chi connectivity index (χ0n) is 17.6. The van der Waals surface area contributed by atoms with E-state index in [0.717, 1.165) is 5.56 Å². The number of hydrazone groups is 1. The second kappa shape index (κ2) is 10.4. The lowest BCUT2D eigenvalue weighted by Crippen LogP contribution is -2.16. The summed E-state index contributed by atoms with van der Waals surface area (Å²) in [6.45, 7) is 0.223. The number of ether oxygens (including phenoxy) is 1. The van der Waals surface area contributed by atoms with Crippen LogP contribution in [-0.2, 0) is 6.61 Å². The Morgan fingerprint density at radius 2 is 1.91 bits per heavy atom. The average Bonchev–Trinajstić information content (AvgIpc) is 2.85. The zero-order chi connectivity index (χ0) is 23.9. The van der Waals surface area contributed by atoms with Crippen LogP contribution in [0.1, 0.15) is 16.7 Å². The SMILES string of the molecule is N#Cc1c(-c2ccccc2)nc(NN=Cc2cc(Cl)ccc2OCc2ccc(F)cc2)[nH]c1=O. The Balaban J connectivity index is 1.55. The first-order valence-electron chi connectivity index (χ1n) is 10.1. The largest absolute Gasteiger partial charge is 0.488 e. The van der Waals surface area contributed by atoms with Gasteiger partial charge in [-0.05, 0) is 35.9 Å². The number of H-pyrrole nitrogens is 1. The van der Waals surface area contributed by atoms with Gasteiger partial charge in [0.05, 0.1) is 11.9 Å². The van der Waals surface area contributed by atoms with Gasteiger partial charge in [-0.25, -0.2) is 14.8 Å². The first-order chi connectivity index (χ1) is 16.5. The minimum atomic E-state index is -0.583. The molecule has 0 bridgehead atoms. The number of hydrogen-bond acceptors (Lipinski definition) is 6. The van der Waals surface area contributed by atoms with Crippen LogP contribution in [0.4, 0.5) is 10.3 Å². The summed E-state index contributed by atoms with van der Waals surface area (Å²) in [6, 6.07) is 21.8. The number of nitrogens with one attached hydrogen (secondary N) is 2. The predicted octanol–water partition coefficient (Wildman–Crippen LogP) is 5.13. The highest BCUT2D eigenvalue weighted by atomic mass is 35.5. The minimum absolute atomic E-state index is 0.0647. The first kappa shape index (κ1) is 22.7. The highest BCUT2D eigenvalue weighted by molar-refractivity contribution is 6.30. The molecule has 0 radical (unpaired) electrons. The van der Waals surface area contributed by atoms with Crippen LogP contribution in [-0.4, -0.2) is 16.2 Å². The van der Waals surface area contributed by atoms with E-state index in [1.807, 2.05) is 12.1 Å². The van der Waals surface area contributed by atoms with E-state index in [9.17, 15) is 14.4 Å². The molecule has 7 nitrogen and oxygen atoms in total. The number of aromatic amines is 1. The standard InChI is InChI=1S/C25H17ClFN5O2/c26-19-8-11-22(34-15-16-6-9-20(27)10-7-16)18(12-19)14-29-32-25-30-23(17-4-2-1-3-5-17)21(13-28)24(33)31-25/h1-12,14H,15H2,(H2,30,31,32,33). The molecule has 2 N–H and O–H groups in total. The normalized spacial score (nSPS) is 10.7. The van der Waals surface area contributed by atoms with Gasteiger partial charge in [-0.2, -0.15) is 10.4 Å². The van der Waals surface area contributed by atoms with Crippen LogP contribution in [0.5, 0.6) is 5.75 Å². The van der Waals surface area contributed by atoms with Crippen LogP contribution in [0.15, 0.2) is 82.7 Å². The molecule has 0 aliphatic rings. The van der Waals surface area contributed by atoms with Gasteiger partial charge in [-0.1, -0.05) is 54.1 Å². The van der Waals surface area contributed by atoms with E-state index < -0.39 is 5.56 Å². The van der Waals surface area contributed by atoms with E-state index in [0.29, 0.717) is 21.9 Å². The van der Waals surface area contributed by atoms with Crippen molar-refractivity contribution >= 4 is 23.8 Å². The maximum Gasteiger partial charge on any atom is 0.270 e. The molecule has 1 aromatic heterocycles. The van der Waals surface area contributed by atoms with E-state index in [2.05, 4.69) is 20.5 Å². The Kier molecular flexibility index (Phi) is 6.96. The highest BCUT2D eigenvalue weighted by Gasteiger charge is 2.13. The number of nitrogens with zero attached hydrogens (tertiary/aromatic N) is 3. The van der Waals surface area contributed by atoms with Gasteiger partial charge < -0.3 is 4.74 Å². The highest BCUT2D eigenvalue weighted by Crippen LogP contribution is 2.23. The lowest BCUT2D eigenvalue weighted by molar-refractivity contribution is 0.305. The number of nitriles is 1. The summed E-state index contributed by atoms with van der Waals surface area (Å²) in [7, 11) is 0. The van der Waals surface area contributed by atoms with Crippen molar-refractivity contribution in [3.8, 4) is 23.1 Å². The van der Waals surface area contributed by atoms with Crippen molar-refractivity contribution in [3.63, 3.8) is 0 Å². The predicted molar refractivity (Wildman–Crippen MR) is 128 cm³/mol. The average molecular weight is 474 g/mol. The third-order valence-electron chi connectivity index (χ3n) is 4.73. The number of aromatic nitrogens is 2. The summed E-state index contributed by atoms with van der Waals surface area (Å²) in [5, 5.41) is 14.0. The van der Waals surface area contributed by atoms with E-state index in [-0.39, 0.29) is 29.6 Å². The van der Waals surface area contributed by atoms with Crippen LogP contribution in [0.3, 0.4) is 0 Å². The van der Waals surface area contributed by atoms with Crippen LogP contribution in [0.25, 0.3) is 11.3 Å². The number of rotatable bonds is 7. The number of halogens is 2. The molecule has 0 aliphatic heterocycles. The lowest BCUT2D eigenvalue weighted by Gasteiger charge is -2.10. The number of benzene rings is 3. The maximum absolute atomic E-state index is 13.1. The fourth-order valence-corrected chi connectivity index (χ4v) is 3.27. The second-order valence-corrected chi connectivity index (χ2v) is 7.52. The molecule has 0 saturated carbocycles.